The summed E-state index contributed by atoms with van der Waals surface area (Å²) in [5.74, 6) is 3.03. The molecule has 0 aliphatic carbocycles. The summed E-state index contributed by atoms with van der Waals surface area (Å²) in [6.07, 6.45) is 2.41. The Morgan fingerprint density at radius 3 is 2.90 bits per heavy atom. The fourth-order valence-corrected chi connectivity index (χ4v) is 3.51. The van der Waals surface area contributed by atoms with E-state index in [4.69, 9.17) is 0 Å². The van der Waals surface area contributed by atoms with E-state index in [0.29, 0.717) is 0 Å². The van der Waals surface area contributed by atoms with E-state index in [0.717, 1.165) is 37.9 Å². The molecule has 110 valence electrons. The molecule has 0 spiro atoms. The topological polar surface area (TPSA) is 27.6 Å². The van der Waals surface area contributed by atoms with Gasteiger partial charge in [0.25, 0.3) is 0 Å². The van der Waals surface area contributed by atoms with Crippen molar-refractivity contribution >= 4 is 17.7 Å². The predicted octanol–water partition coefficient (Wildman–Crippen LogP) is 3.09. The van der Waals surface area contributed by atoms with Crippen LogP contribution in [0, 0.1) is 5.92 Å². The molecule has 3 nitrogen and oxygen atoms in total. The van der Waals surface area contributed by atoms with Gasteiger partial charge in [-0.2, -0.15) is 0 Å². The molecule has 1 heterocycles. The van der Waals surface area contributed by atoms with Crippen LogP contribution in [0.5, 0.6) is 0 Å². The highest BCUT2D eigenvalue weighted by Crippen LogP contribution is 2.25. The van der Waals surface area contributed by atoms with Gasteiger partial charge in [-0.25, -0.2) is 0 Å². The summed E-state index contributed by atoms with van der Waals surface area (Å²) in [5.41, 5.74) is 0. The van der Waals surface area contributed by atoms with Gasteiger partial charge >= 0.3 is 0 Å². The molecule has 1 atom stereocenters. The van der Waals surface area contributed by atoms with E-state index in [-0.39, 0.29) is 0 Å². The van der Waals surface area contributed by atoms with Crippen molar-refractivity contribution in [2.75, 3.05) is 32.4 Å². The van der Waals surface area contributed by atoms with Crippen LogP contribution in [0.4, 0.5) is 0 Å². The molecule has 0 amide bonds. The summed E-state index contributed by atoms with van der Waals surface area (Å²) in [6.45, 7) is 5.45. The maximum atomic E-state index is 4.38. The Morgan fingerprint density at radius 2 is 2.20 bits per heavy atom. The molecule has 20 heavy (non-hydrogen) atoms. The molecule has 0 bridgehead atoms. The molecule has 1 unspecified atom stereocenters. The molecule has 1 saturated heterocycles. The first-order chi connectivity index (χ1) is 9.83. The average Bonchev–Trinajstić information content (AvgIpc) is 2.96. The number of likely N-dealkylation sites (tertiary alicyclic amines) is 1. The minimum absolute atomic E-state index is 0.764. The first kappa shape index (κ1) is 15.2. The summed E-state index contributed by atoms with van der Waals surface area (Å²) in [5, 5.41) is 3.42. The molecule has 0 aromatic heterocycles. The second-order valence-corrected chi connectivity index (χ2v) is 6.29. The van der Waals surface area contributed by atoms with E-state index >= 15 is 0 Å². The van der Waals surface area contributed by atoms with Crippen molar-refractivity contribution in [3.63, 3.8) is 0 Å². The highest BCUT2D eigenvalue weighted by atomic mass is 32.2. The summed E-state index contributed by atoms with van der Waals surface area (Å²) in [7, 11) is 1.88. The van der Waals surface area contributed by atoms with Gasteiger partial charge in [0.2, 0.25) is 0 Å². The number of nitrogens with zero attached hydrogens (tertiary/aromatic N) is 2. The number of nitrogens with one attached hydrogen (secondary N) is 1. The van der Waals surface area contributed by atoms with Gasteiger partial charge in [-0.15, -0.1) is 11.8 Å². The van der Waals surface area contributed by atoms with Crippen LogP contribution in [0.2, 0.25) is 0 Å². The van der Waals surface area contributed by atoms with Crippen LogP contribution in [0.1, 0.15) is 19.8 Å². The van der Waals surface area contributed by atoms with Crippen molar-refractivity contribution in [2.45, 2.75) is 24.7 Å². The first-order valence-electron chi connectivity index (χ1n) is 7.47. The summed E-state index contributed by atoms with van der Waals surface area (Å²) >= 11 is 1.97. The standard InChI is InChI=1S/C16H25N3S/c1-3-10-18-16(17-2)19-11-9-14(12-19)13-20-15-7-5-4-6-8-15/h4-8,14H,3,9-13H2,1-2H3,(H,17,18). The average molecular weight is 291 g/mol. The van der Waals surface area contributed by atoms with Crippen LogP contribution in [-0.4, -0.2) is 43.3 Å². The highest BCUT2D eigenvalue weighted by Gasteiger charge is 2.24. The van der Waals surface area contributed by atoms with Crippen molar-refractivity contribution in [3.05, 3.63) is 30.3 Å². The van der Waals surface area contributed by atoms with Gasteiger partial charge in [-0.3, -0.25) is 4.99 Å². The second kappa shape index (κ2) is 8.20. The molecule has 4 heteroatoms. The number of rotatable bonds is 5. The third kappa shape index (κ3) is 4.44. The van der Waals surface area contributed by atoms with Crippen molar-refractivity contribution in [1.29, 1.82) is 0 Å². The van der Waals surface area contributed by atoms with E-state index in [1.807, 2.05) is 18.8 Å². The number of hydrogen-bond acceptors (Lipinski definition) is 2. The Morgan fingerprint density at radius 1 is 1.40 bits per heavy atom. The molecule has 1 aromatic carbocycles. The Bertz CT molecular complexity index is 419. The maximum absolute atomic E-state index is 4.38. The lowest BCUT2D eigenvalue weighted by Gasteiger charge is -2.21. The zero-order chi connectivity index (χ0) is 14.2. The minimum atomic E-state index is 0.764. The normalized spacial score (nSPS) is 19.4. The summed E-state index contributed by atoms with van der Waals surface area (Å²) in [6, 6.07) is 10.7. The molecule has 0 saturated carbocycles. The lowest BCUT2D eigenvalue weighted by Crippen LogP contribution is -2.40. The Hall–Kier alpha value is -1.16. The SMILES string of the molecule is CCCNC(=NC)N1CCC(CSc2ccccc2)C1. The van der Waals surface area contributed by atoms with Gasteiger partial charge in [0, 0.05) is 37.3 Å². The fraction of sp³-hybridized carbons (Fsp3) is 0.562. The molecule has 1 fully saturated rings. The summed E-state index contributed by atoms with van der Waals surface area (Å²) < 4.78 is 0. The third-order valence-corrected chi connectivity index (χ3v) is 4.80. The van der Waals surface area contributed by atoms with Crippen LogP contribution in [0.3, 0.4) is 0 Å². The number of hydrogen-bond donors (Lipinski definition) is 1. The quantitative estimate of drug-likeness (QED) is 0.513. The van der Waals surface area contributed by atoms with E-state index in [2.05, 4.69) is 52.5 Å². The van der Waals surface area contributed by atoms with Crippen molar-refractivity contribution in [3.8, 4) is 0 Å². The molecule has 1 aromatic rings. The second-order valence-electron chi connectivity index (χ2n) is 5.20. The van der Waals surface area contributed by atoms with Gasteiger partial charge in [0.15, 0.2) is 5.96 Å². The number of aliphatic imine (C=N–C) groups is 1. The van der Waals surface area contributed by atoms with Crippen LogP contribution >= 0.6 is 11.8 Å². The number of guanidine groups is 1. The lowest BCUT2D eigenvalue weighted by atomic mass is 10.2. The van der Waals surface area contributed by atoms with Gasteiger partial charge in [-0.05, 0) is 30.9 Å². The molecule has 0 radical (unpaired) electrons. The predicted molar refractivity (Wildman–Crippen MR) is 88.5 cm³/mol. The maximum Gasteiger partial charge on any atom is 0.193 e. The molecule has 1 aliphatic heterocycles. The smallest absolute Gasteiger partial charge is 0.193 e. The van der Waals surface area contributed by atoms with E-state index in [1.165, 1.54) is 17.1 Å². The third-order valence-electron chi connectivity index (χ3n) is 3.56. The van der Waals surface area contributed by atoms with Crippen LogP contribution in [0.25, 0.3) is 0 Å². The summed E-state index contributed by atoms with van der Waals surface area (Å²) in [4.78, 5) is 8.15. The zero-order valence-electron chi connectivity index (χ0n) is 12.5. The molecule has 1 N–H and O–H groups in total. The molecular formula is C16H25N3S. The van der Waals surface area contributed by atoms with Crippen LogP contribution in [0.15, 0.2) is 40.2 Å². The Balaban J connectivity index is 1.77. The van der Waals surface area contributed by atoms with Crippen molar-refractivity contribution in [2.24, 2.45) is 10.9 Å². The van der Waals surface area contributed by atoms with Crippen LogP contribution < -0.4 is 5.32 Å². The van der Waals surface area contributed by atoms with Crippen molar-refractivity contribution < 1.29 is 0 Å². The van der Waals surface area contributed by atoms with Gasteiger partial charge in [-0.1, -0.05) is 25.1 Å². The van der Waals surface area contributed by atoms with Crippen LogP contribution in [-0.2, 0) is 0 Å². The number of benzene rings is 1. The van der Waals surface area contributed by atoms with Gasteiger partial charge < -0.3 is 10.2 Å². The molecular weight excluding hydrogens is 266 g/mol. The van der Waals surface area contributed by atoms with E-state index in [1.54, 1.807) is 0 Å². The highest BCUT2D eigenvalue weighted by molar-refractivity contribution is 7.99. The number of thioether (sulfide) groups is 1. The fourth-order valence-electron chi connectivity index (χ4n) is 2.46. The van der Waals surface area contributed by atoms with Gasteiger partial charge in [0.1, 0.15) is 0 Å². The monoisotopic (exact) mass is 291 g/mol. The van der Waals surface area contributed by atoms with Gasteiger partial charge in [0.05, 0.1) is 0 Å². The molecule has 1 aliphatic rings. The molecule has 2 rings (SSSR count). The minimum Gasteiger partial charge on any atom is -0.356 e. The largest absolute Gasteiger partial charge is 0.356 e. The lowest BCUT2D eigenvalue weighted by molar-refractivity contribution is 0.474. The first-order valence-corrected chi connectivity index (χ1v) is 8.45. The van der Waals surface area contributed by atoms with E-state index < -0.39 is 0 Å². The zero-order valence-corrected chi connectivity index (χ0v) is 13.3. The van der Waals surface area contributed by atoms with E-state index in [9.17, 15) is 0 Å². The Labute approximate surface area is 126 Å². The van der Waals surface area contributed by atoms with Crippen molar-refractivity contribution in [1.82, 2.24) is 10.2 Å². The Kier molecular flexibility index (Phi) is 6.25.